The second-order valence-corrected chi connectivity index (χ2v) is 10.9. The molecule has 11 heteroatoms. The molecule has 218 valence electrons. The van der Waals surface area contributed by atoms with Crippen LogP contribution in [0.1, 0.15) is 57.6 Å². The number of ether oxygens (including phenoxy) is 2. The Kier molecular flexibility index (Phi) is 11.3. The van der Waals surface area contributed by atoms with Crippen LogP contribution in [-0.4, -0.2) is 72.4 Å². The van der Waals surface area contributed by atoms with Gasteiger partial charge in [0.25, 0.3) is 0 Å². The molecule has 1 saturated carbocycles. The Balaban J connectivity index is 1.64. The Morgan fingerprint density at radius 1 is 1.24 bits per heavy atom. The molecular formula is C30H39N7O4. The largest absolute Gasteiger partial charge is 0.444 e. The molecule has 3 rings (SSSR count). The van der Waals surface area contributed by atoms with Gasteiger partial charge in [-0.2, -0.15) is 10.2 Å². The molecular weight excluding hydrogens is 522 g/mol. The lowest BCUT2D eigenvalue weighted by Crippen LogP contribution is -2.45. The summed E-state index contributed by atoms with van der Waals surface area (Å²) in [5.74, 6) is 7.40. The lowest BCUT2D eigenvalue weighted by molar-refractivity contribution is -0.123. The van der Waals surface area contributed by atoms with E-state index < -0.39 is 11.7 Å². The minimum Gasteiger partial charge on any atom is -0.444 e. The predicted molar refractivity (Wildman–Crippen MR) is 156 cm³/mol. The van der Waals surface area contributed by atoms with Gasteiger partial charge in [-0.25, -0.2) is 9.78 Å². The SMILES string of the molecule is COCCNc1nc(Nc2cccc(C#N)c2)ncc1C#C[C@@H]1CCC[C@H](NC(=O)CN(C)C(=O)OC(C)(C)C)C1. The van der Waals surface area contributed by atoms with Crippen LogP contribution in [0.3, 0.4) is 0 Å². The van der Waals surface area contributed by atoms with Gasteiger partial charge in [-0.15, -0.1) is 0 Å². The quantitative estimate of drug-likeness (QED) is 0.305. The van der Waals surface area contributed by atoms with E-state index in [1.54, 1.807) is 59.3 Å². The third kappa shape index (κ3) is 10.6. The van der Waals surface area contributed by atoms with E-state index in [2.05, 4.69) is 43.8 Å². The fraction of sp³-hybridized carbons (Fsp3) is 0.500. The summed E-state index contributed by atoms with van der Waals surface area (Å²) in [6, 6.07) is 9.18. The van der Waals surface area contributed by atoms with Crippen molar-refractivity contribution < 1.29 is 19.1 Å². The zero-order valence-electron chi connectivity index (χ0n) is 24.4. The number of rotatable bonds is 9. The van der Waals surface area contributed by atoms with Gasteiger partial charge in [-0.3, -0.25) is 4.79 Å². The maximum Gasteiger partial charge on any atom is 0.410 e. The summed E-state index contributed by atoms with van der Waals surface area (Å²) < 4.78 is 10.5. The highest BCUT2D eigenvalue weighted by Gasteiger charge is 2.25. The summed E-state index contributed by atoms with van der Waals surface area (Å²) in [5.41, 5.74) is 1.27. The van der Waals surface area contributed by atoms with Crippen molar-refractivity contribution in [2.24, 2.45) is 5.92 Å². The molecule has 0 saturated heterocycles. The molecule has 1 aromatic heterocycles. The van der Waals surface area contributed by atoms with Gasteiger partial charge in [0.2, 0.25) is 11.9 Å². The van der Waals surface area contributed by atoms with Crippen molar-refractivity contribution in [3.8, 4) is 17.9 Å². The van der Waals surface area contributed by atoms with E-state index in [-0.39, 0.29) is 24.4 Å². The van der Waals surface area contributed by atoms with E-state index in [4.69, 9.17) is 14.7 Å². The van der Waals surface area contributed by atoms with Crippen molar-refractivity contribution >= 4 is 29.5 Å². The van der Waals surface area contributed by atoms with Crippen molar-refractivity contribution in [2.75, 3.05) is 44.5 Å². The summed E-state index contributed by atoms with van der Waals surface area (Å²) in [6.45, 7) is 6.33. The predicted octanol–water partition coefficient (Wildman–Crippen LogP) is 4.04. The number of nitrogens with one attached hydrogen (secondary N) is 3. The van der Waals surface area contributed by atoms with Crippen LogP contribution >= 0.6 is 0 Å². The van der Waals surface area contributed by atoms with E-state index in [0.717, 1.165) is 25.7 Å². The minimum atomic E-state index is -0.623. The third-order valence-electron chi connectivity index (χ3n) is 6.17. The Bertz CT molecular complexity index is 1310. The molecule has 0 aliphatic heterocycles. The van der Waals surface area contributed by atoms with Crippen LogP contribution < -0.4 is 16.0 Å². The number of nitriles is 1. The molecule has 1 aromatic carbocycles. The van der Waals surface area contributed by atoms with Crippen molar-refractivity contribution in [3.05, 3.63) is 41.6 Å². The van der Waals surface area contributed by atoms with Crippen molar-refractivity contribution in [1.82, 2.24) is 20.2 Å². The molecule has 41 heavy (non-hydrogen) atoms. The second-order valence-electron chi connectivity index (χ2n) is 10.9. The van der Waals surface area contributed by atoms with E-state index >= 15 is 0 Å². The fourth-order valence-electron chi connectivity index (χ4n) is 4.26. The summed E-state index contributed by atoms with van der Waals surface area (Å²) in [4.78, 5) is 35.1. The Morgan fingerprint density at radius 3 is 2.78 bits per heavy atom. The Labute approximate surface area is 242 Å². The first-order valence-corrected chi connectivity index (χ1v) is 13.7. The van der Waals surface area contributed by atoms with Gasteiger partial charge >= 0.3 is 6.09 Å². The molecule has 1 fully saturated rings. The number of anilines is 3. The highest BCUT2D eigenvalue weighted by molar-refractivity contribution is 5.82. The average Bonchev–Trinajstić information content (AvgIpc) is 2.92. The van der Waals surface area contributed by atoms with E-state index in [9.17, 15) is 9.59 Å². The number of methoxy groups -OCH3 is 1. The van der Waals surface area contributed by atoms with E-state index in [1.165, 1.54) is 4.90 Å². The standard InChI is InChI=1S/C30H39N7O4/c1-30(2,3)41-29(39)37(4)20-26(38)34-24-10-6-8-21(16-24)12-13-23-19-33-28(36-27(23)32-14-15-40-5)35-25-11-7-9-22(17-25)18-31/h7,9,11,17,19,21,24H,6,8,10,14-16,20H2,1-5H3,(H,34,38)(H2,32,33,35,36)/t21-,24-/m0/s1. The first-order valence-electron chi connectivity index (χ1n) is 13.7. The number of nitrogens with zero attached hydrogens (tertiary/aromatic N) is 4. The number of benzene rings is 1. The van der Waals surface area contributed by atoms with Crippen LogP contribution in [-0.2, 0) is 14.3 Å². The van der Waals surface area contributed by atoms with Crippen LogP contribution in [0, 0.1) is 29.1 Å². The third-order valence-corrected chi connectivity index (χ3v) is 6.17. The van der Waals surface area contributed by atoms with Gasteiger partial charge in [-0.05, 0) is 58.2 Å². The molecule has 2 atom stereocenters. The molecule has 2 aromatic rings. The molecule has 1 aliphatic carbocycles. The van der Waals surface area contributed by atoms with Crippen LogP contribution in [0.4, 0.5) is 22.2 Å². The molecule has 0 spiro atoms. The zero-order chi connectivity index (χ0) is 29.8. The van der Waals surface area contributed by atoms with Crippen LogP contribution in [0.2, 0.25) is 0 Å². The maximum atomic E-state index is 12.6. The number of hydrogen-bond acceptors (Lipinski definition) is 9. The average molecular weight is 562 g/mol. The smallest absolute Gasteiger partial charge is 0.410 e. The lowest BCUT2D eigenvalue weighted by atomic mass is 9.86. The molecule has 1 heterocycles. The van der Waals surface area contributed by atoms with Crippen LogP contribution in [0.25, 0.3) is 0 Å². The normalized spacial score (nSPS) is 16.4. The lowest BCUT2D eigenvalue weighted by Gasteiger charge is -2.28. The second kappa shape index (κ2) is 14.9. The van der Waals surface area contributed by atoms with E-state index in [0.29, 0.717) is 41.7 Å². The summed E-state index contributed by atoms with van der Waals surface area (Å²) in [7, 11) is 3.18. The first kappa shape index (κ1) is 31.2. The zero-order valence-corrected chi connectivity index (χ0v) is 24.4. The molecule has 0 radical (unpaired) electrons. The van der Waals surface area contributed by atoms with Crippen LogP contribution in [0.5, 0.6) is 0 Å². The summed E-state index contributed by atoms with van der Waals surface area (Å²) in [6.07, 6.45) is 4.58. The van der Waals surface area contributed by atoms with Gasteiger partial charge in [0.15, 0.2) is 0 Å². The summed E-state index contributed by atoms with van der Waals surface area (Å²) in [5, 5.41) is 18.6. The number of hydrogen-bond donors (Lipinski definition) is 3. The van der Waals surface area contributed by atoms with Crippen molar-refractivity contribution in [2.45, 2.75) is 58.1 Å². The minimum absolute atomic E-state index is 0.0196. The molecule has 0 bridgehead atoms. The molecule has 1 aliphatic rings. The number of aromatic nitrogens is 2. The van der Waals surface area contributed by atoms with Crippen LogP contribution in [0.15, 0.2) is 30.5 Å². The van der Waals surface area contributed by atoms with Gasteiger partial charge < -0.3 is 30.3 Å². The maximum absolute atomic E-state index is 12.6. The number of carbonyl (C=O) groups excluding carboxylic acids is 2. The molecule has 11 nitrogen and oxygen atoms in total. The topological polar surface area (TPSA) is 142 Å². The van der Waals surface area contributed by atoms with Gasteiger partial charge in [0, 0.05) is 38.3 Å². The fourth-order valence-corrected chi connectivity index (χ4v) is 4.26. The summed E-state index contributed by atoms with van der Waals surface area (Å²) >= 11 is 0. The van der Waals surface area contributed by atoms with Gasteiger partial charge in [-0.1, -0.05) is 24.3 Å². The highest BCUT2D eigenvalue weighted by atomic mass is 16.6. The number of carbonyl (C=O) groups is 2. The molecule has 2 amide bonds. The highest BCUT2D eigenvalue weighted by Crippen LogP contribution is 2.25. The van der Waals surface area contributed by atoms with Crippen molar-refractivity contribution in [3.63, 3.8) is 0 Å². The first-order chi connectivity index (χ1) is 19.6. The van der Waals surface area contributed by atoms with E-state index in [1.807, 2.05) is 6.07 Å². The van der Waals surface area contributed by atoms with Gasteiger partial charge in [0.05, 0.1) is 30.0 Å². The number of likely N-dealkylation sites (N-methyl/N-ethyl adjacent to an activating group) is 1. The number of amides is 2. The molecule has 3 N–H and O–H groups in total. The van der Waals surface area contributed by atoms with Crippen molar-refractivity contribution in [1.29, 1.82) is 5.26 Å². The van der Waals surface area contributed by atoms with Gasteiger partial charge in [0.1, 0.15) is 18.0 Å². The Morgan fingerprint density at radius 2 is 2.05 bits per heavy atom. The Hall–Kier alpha value is -4.35. The molecule has 0 unspecified atom stereocenters. The monoisotopic (exact) mass is 561 g/mol.